The monoisotopic (exact) mass is 188 g/mol. The van der Waals surface area contributed by atoms with Crippen LogP contribution in [-0.4, -0.2) is 46.5 Å². The molecular formula is C7H12N2O2S. The third kappa shape index (κ3) is 2.49. The Morgan fingerprint density at radius 3 is 2.92 bits per heavy atom. The minimum absolute atomic E-state index is 0.0903. The number of carbonyl (C=O) groups is 1. The highest BCUT2D eigenvalue weighted by molar-refractivity contribution is 8.14. The standard InChI is InChI=1S/C7H12N2O2S/c1-5(10)3-9(2)7-8-6(11)4-12-7/h5,10H,3-4H2,1-2H3. The van der Waals surface area contributed by atoms with Crippen molar-refractivity contribution in [3.8, 4) is 0 Å². The molecule has 1 atom stereocenters. The van der Waals surface area contributed by atoms with Crippen LogP contribution in [0.25, 0.3) is 0 Å². The second-order valence-electron chi connectivity index (χ2n) is 2.81. The molecule has 1 amide bonds. The van der Waals surface area contributed by atoms with E-state index in [9.17, 15) is 4.79 Å². The molecule has 0 fully saturated rings. The highest BCUT2D eigenvalue weighted by Gasteiger charge is 2.18. The van der Waals surface area contributed by atoms with Crippen molar-refractivity contribution in [2.75, 3.05) is 19.3 Å². The van der Waals surface area contributed by atoms with Crippen molar-refractivity contribution in [2.24, 2.45) is 4.99 Å². The van der Waals surface area contributed by atoms with Crippen LogP contribution in [0.5, 0.6) is 0 Å². The number of aliphatic hydroxyl groups excluding tert-OH is 1. The minimum Gasteiger partial charge on any atom is -0.392 e. The van der Waals surface area contributed by atoms with Crippen molar-refractivity contribution in [1.82, 2.24) is 4.90 Å². The summed E-state index contributed by atoms with van der Waals surface area (Å²) in [4.78, 5) is 16.3. The first kappa shape index (κ1) is 9.54. The van der Waals surface area contributed by atoms with Crippen molar-refractivity contribution in [3.05, 3.63) is 0 Å². The maximum absolute atomic E-state index is 10.7. The molecule has 0 saturated carbocycles. The number of carbonyl (C=O) groups excluding carboxylic acids is 1. The summed E-state index contributed by atoms with van der Waals surface area (Å²) in [6, 6.07) is 0. The molecule has 1 aliphatic heterocycles. The molecule has 1 heterocycles. The van der Waals surface area contributed by atoms with Crippen LogP contribution >= 0.6 is 11.8 Å². The van der Waals surface area contributed by atoms with Crippen LogP contribution in [0.2, 0.25) is 0 Å². The van der Waals surface area contributed by atoms with Gasteiger partial charge in [0.15, 0.2) is 5.17 Å². The molecule has 4 nitrogen and oxygen atoms in total. The van der Waals surface area contributed by atoms with Crippen LogP contribution in [0, 0.1) is 0 Å². The number of hydrogen-bond acceptors (Lipinski definition) is 4. The molecule has 68 valence electrons. The lowest BCUT2D eigenvalue weighted by molar-refractivity contribution is -0.115. The fourth-order valence-corrected chi connectivity index (χ4v) is 1.75. The first-order valence-corrected chi connectivity index (χ1v) is 4.71. The smallest absolute Gasteiger partial charge is 0.258 e. The zero-order chi connectivity index (χ0) is 9.14. The Morgan fingerprint density at radius 1 is 1.83 bits per heavy atom. The predicted octanol–water partition coefficient (Wildman–Crippen LogP) is -0.0716. The van der Waals surface area contributed by atoms with E-state index in [0.29, 0.717) is 17.5 Å². The van der Waals surface area contributed by atoms with E-state index in [1.165, 1.54) is 11.8 Å². The molecule has 0 aliphatic carbocycles. The summed E-state index contributed by atoms with van der Waals surface area (Å²) in [6.07, 6.45) is -0.394. The highest BCUT2D eigenvalue weighted by Crippen LogP contribution is 2.15. The fourth-order valence-electron chi connectivity index (χ4n) is 0.967. The first-order valence-electron chi connectivity index (χ1n) is 3.73. The molecule has 1 N–H and O–H groups in total. The first-order chi connectivity index (χ1) is 5.59. The van der Waals surface area contributed by atoms with E-state index in [2.05, 4.69) is 4.99 Å². The van der Waals surface area contributed by atoms with E-state index in [1.54, 1.807) is 11.8 Å². The Hall–Kier alpha value is -0.550. The van der Waals surface area contributed by atoms with Gasteiger partial charge < -0.3 is 10.0 Å². The fraction of sp³-hybridized carbons (Fsp3) is 0.714. The predicted molar refractivity (Wildman–Crippen MR) is 49.2 cm³/mol. The molecule has 0 radical (unpaired) electrons. The number of amides is 1. The number of thioether (sulfide) groups is 1. The minimum atomic E-state index is -0.394. The Balaban J connectivity index is 2.47. The van der Waals surface area contributed by atoms with Crippen LogP contribution in [-0.2, 0) is 4.79 Å². The average Bonchev–Trinajstić information content (AvgIpc) is 2.34. The molecule has 0 aromatic heterocycles. The number of likely N-dealkylation sites (N-methyl/N-ethyl adjacent to an activating group) is 1. The topological polar surface area (TPSA) is 52.9 Å². The van der Waals surface area contributed by atoms with Gasteiger partial charge in [0, 0.05) is 13.6 Å². The average molecular weight is 188 g/mol. The number of rotatable bonds is 2. The largest absolute Gasteiger partial charge is 0.392 e. The number of hydrogen-bond donors (Lipinski definition) is 1. The lowest BCUT2D eigenvalue weighted by atomic mass is 10.4. The lowest BCUT2D eigenvalue weighted by Gasteiger charge is -2.18. The molecule has 1 unspecified atom stereocenters. The van der Waals surface area contributed by atoms with Gasteiger partial charge in [-0.1, -0.05) is 11.8 Å². The van der Waals surface area contributed by atoms with Crippen LogP contribution in [0.4, 0.5) is 0 Å². The van der Waals surface area contributed by atoms with Gasteiger partial charge in [0.25, 0.3) is 5.91 Å². The Bertz CT molecular complexity index is 215. The van der Waals surface area contributed by atoms with E-state index in [-0.39, 0.29) is 5.91 Å². The summed E-state index contributed by atoms with van der Waals surface area (Å²) >= 11 is 1.42. The molecule has 5 heteroatoms. The van der Waals surface area contributed by atoms with Crippen LogP contribution in [0.1, 0.15) is 6.92 Å². The van der Waals surface area contributed by atoms with Crippen molar-refractivity contribution in [2.45, 2.75) is 13.0 Å². The second-order valence-corrected chi connectivity index (χ2v) is 3.75. The van der Waals surface area contributed by atoms with Gasteiger partial charge in [0.1, 0.15) is 0 Å². The lowest BCUT2D eigenvalue weighted by Crippen LogP contribution is -2.30. The van der Waals surface area contributed by atoms with E-state index in [0.717, 1.165) is 0 Å². The van der Waals surface area contributed by atoms with Gasteiger partial charge in [-0.2, -0.15) is 4.99 Å². The number of aliphatic imine (C=N–C) groups is 1. The summed E-state index contributed by atoms with van der Waals surface area (Å²) in [6.45, 7) is 2.22. The summed E-state index contributed by atoms with van der Waals surface area (Å²) in [5.74, 6) is 0.340. The van der Waals surface area contributed by atoms with Crippen LogP contribution in [0.15, 0.2) is 4.99 Å². The van der Waals surface area contributed by atoms with E-state index in [4.69, 9.17) is 5.11 Å². The molecule has 1 rings (SSSR count). The number of aliphatic hydroxyl groups is 1. The van der Waals surface area contributed by atoms with Crippen molar-refractivity contribution in [3.63, 3.8) is 0 Å². The maximum atomic E-state index is 10.7. The zero-order valence-electron chi connectivity index (χ0n) is 7.15. The Labute approximate surface area is 75.7 Å². The number of nitrogens with zero attached hydrogens (tertiary/aromatic N) is 2. The molecule has 0 bridgehead atoms. The summed E-state index contributed by atoms with van der Waals surface area (Å²) in [5.41, 5.74) is 0. The summed E-state index contributed by atoms with van der Waals surface area (Å²) in [5, 5.41) is 9.77. The van der Waals surface area contributed by atoms with Crippen molar-refractivity contribution in [1.29, 1.82) is 0 Å². The quantitative estimate of drug-likeness (QED) is 0.659. The van der Waals surface area contributed by atoms with E-state index in [1.807, 2.05) is 7.05 Å². The van der Waals surface area contributed by atoms with Crippen LogP contribution in [0.3, 0.4) is 0 Å². The SMILES string of the molecule is CC(O)CN(C)C1=NC(=O)CS1. The molecular weight excluding hydrogens is 176 g/mol. The second kappa shape index (κ2) is 3.91. The van der Waals surface area contributed by atoms with Gasteiger partial charge in [0.2, 0.25) is 0 Å². The van der Waals surface area contributed by atoms with Crippen molar-refractivity contribution >= 4 is 22.8 Å². The Morgan fingerprint density at radius 2 is 2.50 bits per heavy atom. The van der Waals surface area contributed by atoms with Gasteiger partial charge in [-0.3, -0.25) is 4.79 Å². The third-order valence-corrected chi connectivity index (χ3v) is 2.46. The molecule has 0 saturated heterocycles. The molecule has 0 aromatic carbocycles. The van der Waals surface area contributed by atoms with Gasteiger partial charge in [0.05, 0.1) is 11.9 Å². The van der Waals surface area contributed by atoms with Gasteiger partial charge in [-0.15, -0.1) is 0 Å². The van der Waals surface area contributed by atoms with E-state index < -0.39 is 6.10 Å². The number of amidine groups is 1. The van der Waals surface area contributed by atoms with Crippen LogP contribution < -0.4 is 0 Å². The molecule has 0 spiro atoms. The Kier molecular flexibility index (Phi) is 3.11. The highest BCUT2D eigenvalue weighted by atomic mass is 32.2. The molecule has 0 aromatic rings. The third-order valence-electron chi connectivity index (χ3n) is 1.41. The van der Waals surface area contributed by atoms with E-state index >= 15 is 0 Å². The van der Waals surface area contributed by atoms with Gasteiger partial charge >= 0.3 is 0 Å². The molecule has 12 heavy (non-hydrogen) atoms. The summed E-state index contributed by atoms with van der Waals surface area (Å²) in [7, 11) is 1.82. The van der Waals surface area contributed by atoms with Gasteiger partial charge in [-0.05, 0) is 6.92 Å². The van der Waals surface area contributed by atoms with Gasteiger partial charge in [-0.25, -0.2) is 0 Å². The van der Waals surface area contributed by atoms with Crippen molar-refractivity contribution < 1.29 is 9.90 Å². The normalized spacial score (nSPS) is 19.2. The summed E-state index contributed by atoms with van der Waals surface area (Å²) < 4.78 is 0. The molecule has 1 aliphatic rings. The maximum Gasteiger partial charge on any atom is 0.258 e. The zero-order valence-corrected chi connectivity index (χ0v) is 7.97.